The summed E-state index contributed by atoms with van der Waals surface area (Å²) in [6, 6.07) is 0. The van der Waals surface area contributed by atoms with E-state index in [1.807, 2.05) is 0 Å². The van der Waals surface area contributed by atoms with E-state index in [9.17, 15) is 4.89 Å². The van der Waals surface area contributed by atoms with Gasteiger partial charge in [-0.2, -0.15) is 0 Å². The van der Waals surface area contributed by atoms with Crippen LogP contribution < -0.4 is 0 Å². The summed E-state index contributed by atoms with van der Waals surface area (Å²) in [5.41, 5.74) is -2.58. The first-order valence-electron chi connectivity index (χ1n) is 5.04. The van der Waals surface area contributed by atoms with Crippen LogP contribution >= 0.6 is 17.1 Å². The van der Waals surface area contributed by atoms with Gasteiger partial charge in [-0.15, -0.1) is 0 Å². The third-order valence-corrected chi connectivity index (χ3v) is 6.85. The van der Waals surface area contributed by atoms with Gasteiger partial charge in [-0.3, -0.25) is 0 Å². The molecule has 0 aliphatic rings. The fraction of sp³-hybridized carbons (Fsp3) is 1.00. The van der Waals surface area contributed by atoms with Crippen LogP contribution in [0.25, 0.3) is 0 Å². The maximum absolute atomic E-state index is 9.83. The van der Waals surface area contributed by atoms with Crippen molar-refractivity contribution in [1.29, 1.82) is 0 Å². The van der Waals surface area contributed by atoms with Crippen LogP contribution in [0.2, 0.25) is 0 Å². The van der Waals surface area contributed by atoms with Crippen LogP contribution in [0, 0.1) is 5.92 Å². The van der Waals surface area contributed by atoms with Crippen molar-refractivity contribution >= 4 is 28.9 Å². The van der Waals surface area contributed by atoms with E-state index in [0.717, 1.165) is 12.8 Å². The van der Waals surface area contributed by atoms with Gasteiger partial charge in [0.05, 0.1) is 6.61 Å². The molecular weight excluding hydrogens is 235 g/mol. The summed E-state index contributed by atoms with van der Waals surface area (Å²) >= 11 is 6.48. The van der Waals surface area contributed by atoms with Crippen molar-refractivity contribution in [3.05, 3.63) is 0 Å². The van der Waals surface area contributed by atoms with E-state index in [-0.39, 0.29) is 0 Å². The first-order valence-corrected chi connectivity index (χ1v) is 9.20. The quantitative estimate of drug-likeness (QED) is 0.554. The molecule has 5 heteroatoms. The second-order valence-electron chi connectivity index (χ2n) is 3.71. The molecule has 0 saturated heterocycles. The average Bonchev–Trinajstić information content (AvgIpc) is 2.03. The summed E-state index contributed by atoms with van der Waals surface area (Å²) in [6.45, 7) is 9.00. The maximum atomic E-state index is 9.83. The number of unbranched alkanes of at least 4 members (excludes halogenated alkanes) is 1. The van der Waals surface area contributed by atoms with Crippen LogP contribution in [0.15, 0.2) is 0 Å². The molecule has 0 bridgehead atoms. The lowest BCUT2D eigenvalue weighted by atomic mass is 10.2. The van der Waals surface area contributed by atoms with Crippen LogP contribution in [-0.4, -0.2) is 16.8 Å². The van der Waals surface area contributed by atoms with E-state index in [1.54, 1.807) is 0 Å². The van der Waals surface area contributed by atoms with Crippen LogP contribution in [0.1, 0.15) is 40.5 Å². The van der Waals surface area contributed by atoms with Crippen LogP contribution in [0.4, 0.5) is 0 Å². The first-order chi connectivity index (χ1) is 6.39. The van der Waals surface area contributed by atoms with Crippen molar-refractivity contribution in [3.8, 4) is 0 Å². The summed E-state index contributed by atoms with van der Waals surface area (Å²) in [4.78, 5) is 9.83. The molecule has 2 unspecified atom stereocenters. The highest BCUT2D eigenvalue weighted by atomic mass is 32.9. The molecule has 0 radical (unpaired) electrons. The fourth-order valence-electron chi connectivity index (χ4n) is 0.687. The van der Waals surface area contributed by atoms with Gasteiger partial charge in [-0.25, -0.2) is 0 Å². The zero-order valence-corrected chi connectivity index (χ0v) is 11.9. The van der Waals surface area contributed by atoms with Gasteiger partial charge in [-0.05, 0) is 24.1 Å². The third kappa shape index (κ3) is 7.24. The minimum absolute atomic E-state index is 0.354. The van der Waals surface area contributed by atoms with Gasteiger partial charge in [0, 0.05) is 5.25 Å². The Morgan fingerprint density at radius 2 is 2.00 bits per heavy atom. The fourth-order valence-corrected chi connectivity index (χ4v) is 5.61. The highest BCUT2D eigenvalue weighted by molar-refractivity contribution is 8.67. The Labute approximate surface area is 96.7 Å². The molecule has 0 aromatic heterocycles. The van der Waals surface area contributed by atoms with Gasteiger partial charge >= 0.3 is 0 Å². The summed E-state index contributed by atoms with van der Waals surface area (Å²) < 4.78 is 5.34. The minimum atomic E-state index is -2.58. The smallest absolute Gasteiger partial charge is 0.245 e. The second-order valence-corrected chi connectivity index (χ2v) is 10.2. The highest BCUT2D eigenvalue weighted by Gasteiger charge is 2.20. The van der Waals surface area contributed by atoms with Crippen molar-refractivity contribution in [2.75, 3.05) is 6.61 Å². The molecule has 0 spiro atoms. The van der Waals surface area contributed by atoms with E-state index >= 15 is 0 Å². The van der Waals surface area contributed by atoms with Crippen molar-refractivity contribution < 1.29 is 9.42 Å². The molecule has 0 amide bonds. The van der Waals surface area contributed by atoms with Crippen LogP contribution in [-0.2, 0) is 16.3 Å². The first kappa shape index (κ1) is 14.9. The van der Waals surface area contributed by atoms with Gasteiger partial charge in [0.15, 0.2) is 0 Å². The Morgan fingerprint density at radius 3 is 2.43 bits per heavy atom. The number of hydrogen-bond donors (Lipinski definition) is 1. The van der Waals surface area contributed by atoms with E-state index < -0.39 is 5.69 Å². The molecule has 0 aromatic carbocycles. The Morgan fingerprint density at radius 1 is 1.43 bits per heavy atom. The minimum Gasteiger partial charge on any atom is -0.337 e. The van der Waals surface area contributed by atoms with Gasteiger partial charge in [0.25, 0.3) is 0 Å². The standard InChI is InChI=1S/C9H21O2PS2/c1-5-6-7-11-12(10,13)14-9(4)8(2)3/h8-9H,5-7H2,1-4H3,(H,10,13). The molecule has 0 rings (SSSR count). The van der Waals surface area contributed by atoms with Gasteiger partial charge in [-0.1, -0.05) is 45.5 Å². The van der Waals surface area contributed by atoms with Crippen molar-refractivity contribution in [2.24, 2.45) is 5.92 Å². The molecule has 0 aliphatic carbocycles. The summed E-state index contributed by atoms with van der Waals surface area (Å²) in [7, 11) is 0. The molecule has 2 atom stereocenters. The monoisotopic (exact) mass is 256 g/mol. The van der Waals surface area contributed by atoms with Gasteiger partial charge in [0.1, 0.15) is 0 Å². The zero-order chi connectivity index (χ0) is 11.2. The molecule has 14 heavy (non-hydrogen) atoms. The maximum Gasteiger partial charge on any atom is 0.245 e. The molecule has 0 aliphatic heterocycles. The molecule has 0 fully saturated rings. The van der Waals surface area contributed by atoms with Gasteiger partial charge < -0.3 is 9.42 Å². The van der Waals surface area contributed by atoms with E-state index in [0.29, 0.717) is 17.8 Å². The Bertz CT molecular complexity index is 197. The molecule has 86 valence electrons. The van der Waals surface area contributed by atoms with E-state index in [2.05, 4.69) is 27.7 Å². The lowest BCUT2D eigenvalue weighted by molar-refractivity contribution is 0.312. The highest BCUT2D eigenvalue weighted by Crippen LogP contribution is 2.59. The summed E-state index contributed by atoms with van der Waals surface area (Å²) in [5.74, 6) is 0.518. The summed E-state index contributed by atoms with van der Waals surface area (Å²) in [5, 5.41) is 0.354. The topological polar surface area (TPSA) is 29.5 Å². The number of hydrogen-bond acceptors (Lipinski definition) is 3. The average molecular weight is 256 g/mol. The molecular formula is C9H21O2PS2. The number of rotatable bonds is 7. The predicted molar refractivity (Wildman–Crippen MR) is 69.3 cm³/mol. The van der Waals surface area contributed by atoms with Gasteiger partial charge in [0.2, 0.25) is 5.69 Å². The van der Waals surface area contributed by atoms with Crippen LogP contribution in [0.5, 0.6) is 0 Å². The molecule has 0 saturated carbocycles. The lowest BCUT2D eigenvalue weighted by Crippen LogP contribution is -2.05. The predicted octanol–water partition coefficient (Wildman–Crippen LogP) is 3.80. The van der Waals surface area contributed by atoms with E-state index in [1.165, 1.54) is 11.4 Å². The third-order valence-electron chi connectivity index (χ3n) is 1.99. The van der Waals surface area contributed by atoms with Crippen molar-refractivity contribution in [2.45, 2.75) is 45.8 Å². The Balaban J connectivity index is 3.88. The zero-order valence-electron chi connectivity index (χ0n) is 9.40. The molecule has 2 nitrogen and oxygen atoms in total. The van der Waals surface area contributed by atoms with Crippen LogP contribution in [0.3, 0.4) is 0 Å². The van der Waals surface area contributed by atoms with Crippen molar-refractivity contribution in [1.82, 2.24) is 0 Å². The lowest BCUT2D eigenvalue weighted by Gasteiger charge is -2.21. The molecule has 0 aromatic rings. The van der Waals surface area contributed by atoms with Crippen molar-refractivity contribution in [3.63, 3.8) is 0 Å². The normalized spacial score (nSPS) is 18.1. The SMILES string of the molecule is CCCCOP(O)(=S)SC(C)C(C)C. The largest absolute Gasteiger partial charge is 0.337 e. The Hall–Kier alpha value is 0.920. The molecule has 1 N–H and O–H groups in total. The molecule has 0 heterocycles. The second kappa shape index (κ2) is 7.24. The Kier molecular flexibility index (Phi) is 7.71. The summed E-state index contributed by atoms with van der Waals surface area (Å²) in [6.07, 6.45) is 2.04. The van der Waals surface area contributed by atoms with E-state index in [4.69, 9.17) is 16.3 Å².